The number of carboxylic acid groups (broad SMARTS) is 1. The third-order valence-corrected chi connectivity index (χ3v) is 3.06. The Bertz CT molecular complexity index is 473. The summed E-state index contributed by atoms with van der Waals surface area (Å²) in [4.78, 5) is 24.9. The average Bonchev–Trinajstić information content (AvgIpc) is 2.73. The van der Waals surface area contributed by atoms with Gasteiger partial charge in [-0.25, -0.2) is 0 Å². The van der Waals surface area contributed by atoms with Gasteiger partial charge in [0.25, 0.3) is 5.91 Å². The molecule has 0 unspecified atom stereocenters. The Kier molecular flexibility index (Phi) is 3.90. The fraction of sp³-hybridized carbons (Fsp3) is 0.538. The van der Waals surface area contributed by atoms with E-state index < -0.39 is 5.97 Å². The van der Waals surface area contributed by atoms with E-state index in [2.05, 4.69) is 0 Å². The molecule has 104 valence electrons. The molecule has 0 spiro atoms. The Balaban J connectivity index is 2.15. The summed E-state index contributed by atoms with van der Waals surface area (Å²) < 4.78 is 7.04. The quantitative estimate of drug-likeness (QED) is 0.879. The first-order valence-electron chi connectivity index (χ1n) is 6.29. The SMILES string of the molecule is C[C@@H]1CN(C(=O)c2cccn2CC(=O)O)C[C@H](C)O1. The van der Waals surface area contributed by atoms with Gasteiger partial charge in [0.2, 0.25) is 0 Å². The van der Waals surface area contributed by atoms with Crippen LogP contribution in [0.25, 0.3) is 0 Å². The molecule has 1 fully saturated rings. The highest BCUT2D eigenvalue weighted by Crippen LogP contribution is 2.15. The molecule has 1 amide bonds. The van der Waals surface area contributed by atoms with Crippen LogP contribution >= 0.6 is 0 Å². The number of morpholine rings is 1. The Labute approximate surface area is 111 Å². The first-order chi connectivity index (χ1) is 8.97. The Hall–Kier alpha value is -1.82. The molecule has 2 heterocycles. The summed E-state index contributed by atoms with van der Waals surface area (Å²) in [6, 6.07) is 3.33. The zero-order valence-electron chi connectivity index (χ0n) is 11.1. The Morgan fingerprint density at radius 1 is 1.37 bits per heavy atom. The molecule has 1 aromatic rings. The van der Waals surface area contributed by atoms with E-state index in [1.165, 1.54) is 4.57 Å². The molecule has 1 aromatic heterocycles. The summed E-state index contributed by atoms with van der Waals surface area (Å²) in [6.45, 7) is 4.70. The van der Waals surface area contributed by atoms with E-state index in [1.54, 1.807) is 23.2 Å². The van der Waals surface area contributed by atoms with Gasteiger partial charge < -0.3 is 19.3 Å². The highest BCUT2D eigenvalue weighted by molar-refractivity contribution is 5.93. The number of hydrogen-bond donors (Lipinski definition) is 1. The average molecular weight is 266 g/mol. The third-order valence-electron chi connectivity index (χ3n) is 3.06. The van der Waals surface area contributed by atoms with Crippen molar-refractivity contribution < 1.29 is 19.4 Å². The summed E-state index contributed by atoms with van der Waals surface area (Å²) >= 11 is 0. The molecule has 6 heteroatoms. The van der Waals surface area contributed by atoms with Gasteiger partial charge in [-0.15, -0.1) is 0 Å². The highest BCUT2D eigenvalue weighted by Gasteiger charge is 2.28. The van der Waals surface area contributed by atoms with Crippen molar-refractivity contribution in [1.29, 1.82) is 0 Å². The van der Waals surface area contributed by atoms with Gasteiger partial charge in [-0.3, -0.25) is 9.59 Å². The van der Waals surface area contributed by atoms with E-state index in [1.807, 2.05) is 13.8 Å². The van der Waals surface area contributed by atoms with Crippen LogP contribution in [0.1, 0.15) is 24.3 Å². The van der Waals surface area contributed by atoms with E-state index in [9.17, 15) is 9.59 Å². The van der Waals surface area contributed by atoms with Crippen molar-refractivity contribution in [2.24, 2.45) is 0 Å². The van der Waals surface area contributed by atoms with Crippen LogP contribution in [-0.4, -0.2) is 51.7 Å². The molecule has 0 radical (unpaired) electrons. The van der Waals surface area contributed by atoms with Gasteiger partial charge >= 0.3 is 5.97 Å². The zero-order chi connectivity index (χ0) is 14.0. The lowest BCUT2D eigenvalue weighted by Crippen LogP contribution is -2.48. The standard InChI is InChI=1S/C13H18N2O4/c1-9-6-15(7-10(2)19-9)13(18)11-4-3-5-14(11)8-12(16)17/h3-5,9-10H,6-8H2,1-2H3,(H,16,17)/t9-,10+. The van der Waals surface area contributed by atoms with Crippen LogP contribution < -0.4 is 0 Å². The summed E-state index contributed by atoms with van der Waals surface area (Å²) in [5, 5.41) is 8.82. The number of rotatable bonds is 3. The lowest BCUT2D eigenvalue weighted by Gasteiger charge is -2.35. The van der Waals surface area contributed by atoms with Gasteiger partial charge in [0.05, 0.1) is 12.2 Å². The number of carbonyl (C=O) groups excluding carboxylic acids is 1. The maximum Gasteiger partial charge on any atom is 0.323 e. The fourth-order valence-corrected chi connectivity index (χ4v) is 2.40. The van der Waals surface area contributed by atoms with Crippen molar-refractivity contribution in [1.82, 2.24) is 9.47 Å². The zero-order valence-corrected chi connectivity index (χ0v) is 11.1. The lowest BCUT2D eigenvalue weighted by atomic mass is 10.2. The van der Waals surface area contributed by atoms with Crippen molar-refractivity contribution in [2.45, 2.75) is 32.6 Å². The first kappa shape index (κ1) is 13.6. The van der Waals surface area contributed by atoms with Crippen molar-refractivity contribution in [3.05, 3.63) is 24.0 Å². The lowest BCUT2D eigenvalue weighted by molar-refractivity contribution is -0.137. The summed E-state index contributed by atoms with van der Waals surface area (Å²) in [5.41, 5.74) is 0.406. The van der Waals surface area contributed by atoms with E-state index in [-0.39, 0.29) is 24.7 Å². The minimum atomic E-state index is -0.964. The van der Waals surface area contributed by atoms with Gasteiger partial charge in [0.15, 0.2) is 0 Å². The second-order valence-corrected chi connectivity index (χ2v) is 4.88. The molecule has 1 saturated heterocycles. The summed E-state index contributed by atoms with van der Waals surface area (Å²) in [5.74, 6) is -1.11. The smallest absolute Gasteiger partial charge is 0.323 e. The maximum absolute atomic E-state index is 12.4. The van der Waals surface area contributed by atoms with Crippen molar-refractivity contribution in [2.75, 3.05) is 13.1 Å². The number of aliphatic carboxylic acids is 1. The predicted molar refractivity (Wildman–Crippen MR) is 68.0 cm³/mol. The molecule has 1 aliphatic heterocycles. The van der Waals surface area contributed by atoms with Crippen LogP contribution in [0.5, 0.6) is 0 Å². The Morgan fingerprint density at radius 3 is 2.58 bits per heavy atom. The molecule has 19 heavy (non-hydrogen) atoms. The molecule has 1 aliphatic rings. The minimum Gasteiger partial charge on any atom is -0.480 e. The van der Waals surface area contributed by atoms with Gasteiger partial charge in [-0.05, 0) is 26.0 Å². The molecule has 6 nitrogen and oxygen atoms in total. The van der Waals surface area contributed by atoms with Gasteiger partial charge in [-0.2, -0.15) is 0 Å². The molecule has 0 saturated carbocycles. The number of amides is 1. The van der Waals surface area contributed by atoms with Gasteiger partial charge in [-0.1, -0.05) is 0 Å². The number of hydrogen-bond acceptors (Lipinski definition) is 3. The first-order valence-corrected chi connectivity index (χ1v) is 6.29. The molecule has 2 atom stereocenters. The van der Waals surface area contributed by atoms with E-state index >= 15 is 0 Å². The molecule has 1 N–H and O–H groups in total. The number of ether oxygens (including phenoxy) is 1. The number of carboxylic acids is 1. The van der Waals surface area contributed by atoms with Crippen LogP contribution in [0.4, 0.5) is 0 Å². The monoisotopic (exact) mass is 266 g/mol. The van der Waals surface area contributed by atoms with Crippen LogP contribution in [0.3, 0.4) is 0 Å². The van der Waals surface area contributed by atoms with E-state index in [4.69, 9.17) is 9.84 Å². The van der Waals surface area contributed by atoms with Crippen LogP contribution in [-0.2, 0) is 16.1 Å². The second-order valence-electron chi connectivity index (χ2n) is 4.88. The minimum absolute atomic E-state index is 0.00409. The second kappa shape index (κ2) is 5.44. The number of nitrogens with zero attached hydrogens (tertiary/aromatic N) is 2. The predicted octanol–water partition coefficient (Wildman–Crippen LogP) is 0.822. The summed E-state index contributed by atoms with van der Waals surface area (Å²) in [7, 11) is 0. The molecule has 0 aliphatic carbocycles. The normalized spacial score (nSPS) is 23.4. The van der Waals surface area contributed by atoms with E-state index in [0.717, 1.165) is 0 Å². The van der Waals surface area contributed by atoms with Crippen LogP contribution in [0.2, 0.25) is 0 Å². The molecule has 0 aromatic carbocycles. The van der Waals surface area contributed by atoms with Crippen LogP contribution in [0.15, 0.2) is 18.3 Å². The molecular weight excluding hydrogens is 248 g/mol. The Morgan fingerprint density at radius 2 is 2.00 bits per heavy atom. The maximum atomic E-state index is 12.4. The van der Waals surface area contributed by atoms with Crippen LogP contribution in [0, 0.1) is 0 Å². The topological polar surface area (TPSA) is 71.8 Å². The largest absolute Gasteiger partial charge is 0.480 e. The van der Waals surface area contributed by atoms with Crippen molar-refractivity contribution in [3.63, 3.8) is 0 Å². The number of aromatic nitrogens is 1. The van der Waals surface area contributed by atoms with E-state index in [0.29, 0.717) is 18.8 Å². The number of carbonyl (C=O) groups is 2. The van der Waals surface area contributed by atoms with Crippen molar-refractivity contribution in [3.8, 4) is 0 Å². The molecule has 0 bridgehead atoms. The molecule has 2 rings (SSSR count). The molecular formula is C13H18N2O4. The third kappa shape index (κ3) is 3.14. The van der Waals surface area contributed by atoms with Crippen molar-refractivity contribution >= 4 is 11.9 Å². The summed E-state index contributed by atoms with van der Waals surface area (Å²) in [6.07, 6.45) is 1.60. The fourth-order valence-electron chi connectivity index (χ4n) is 2.40. The van der Waals surface area contributed by atoms with Gasteiger partial charge in [0, 0.05) is 19.3 Å². The van der Waals surface area contributed by atoms with Gasteiger partial charge in [0.1, 0.15) is 12.2 Å². The highest BCUT2D eigenvalue weighted by atomic mass is 16.5.